The van der Waals surface area contributed by atoms with E-state index in [0.29, 0.717) is 30.9 Å². The van der Waals surface area contributed by atoms with Gasteiger partial charge in [0.2, 0.25) is 5.91 Å². The summed E-state index contributed by atoms with van der Waals surface area (Å²) in [6, 6.07) is 7.67. The van der Waals surface area contributed by atoms with Gasteiger partial charge in [-0.15, -0.1) is 0 Å². The molecule has 1 N–H and O–H groups in total. The van der Waals surface area contributed by atoms with Gasteiger partial charge in [-0.05, 0) is 32.0 Å². The first-order valence-corrected chi connectivity index (χ1v) is 8.34. The number of anilines is 1. The molecule has 6 nitrogen and oxygen atoms in total. The van der Waals surface area contributed by atoms with Crippen LogP contribution >= 0.6 is 0 Å². The second-order valence-electron chi connectivity index (χ2n) is 6.40. The first-order chi connectivity index (χ1) is 11.4. The van der Waals surface area contributed by atoms with Gasteiger partial charge in [0.15, 0.2) is 0 Å². The van der Waals surface area contributed by atoms with Crippen LogP contribution in [0, 0.1) is 0 Å². The van der Waals surface area contributed by atoms with Crippen LogP contribution in [0.25, 0.3) is 0 Å². The molecular weight excluding hydrogens is 306 g/mol. The monoisotopic (exact) mass is 333 g/mol. The van der Waals surface area contributed by atoms with E-state index in [-0.39, 0.29) is 23.9 Å². The maximum atomic E-state index is 12.8. The first kappa shape index (κ1) is 18.4. The highest BCUT2D eigenvalue weighted by Gasteiger charge is 2.31. The summed E-state index contributed by atoms with van der Waals surface area (Å²) in [4.78, 5) is 28.3. The number of nitrogens with zero attached hydrogens (tertiary/aromatic N) is 2. The second kappa shape index (κ2) is 8.26. The van der Waals surface area contributed by atoms with Crippen molar-refractivity contribution in [1.82, 2.24) is 9.80 Å². The van der Waals surface area contributed by atoms with Gasteiger partial charge in [0.05, 0.1) is 6.61 Å². The largest absolute Gasteiger partial charge is 0.383 e. The van der Waals surface area contributed by atoms with Gasteiger partial charge in [-0.1, -0.05) is 6.07 Å². The van der Waals surface area contributed by atoms with Crippen LogP contribution in [0.4, 0.5) is 5.69 Å². The molecule has 1 aliphatic rings. The Balaban J connectivity index is 2.07. The Bertz CT molecular complexity index is 579. The average molecular weight is 333 g/mol. The predicted molar refractivity (Wildman–Crippen MR) is 94.2 cm³/mol. The molecule has 24 heavy (non-hydrogen) atoms. The zero-order valence-corrected chi connectivity index (χ0v) is 14.9. The number of hydrogen-bond donors (Lipinski definition) is 1. The molecule has 2 atom stereocenters. The van der Waals surface area contributed by atoms with Crippen LogP contribution in [0.1, 0.15) is 31.1 Å². The van der Waals surface area contributed by atoms with Gasteiger partial charge in [-0.3, -0.25) is 14.5 Å². The minimum Gasteiger partial charge on any atom is -0.383 e. The van der Waals surface area contributed by atoms with Gasteiger partial charge < -0.3 is 15.0 Å². The lowest BCUT2D eigenvalue weighted by Gasteiger charge is -2.44. The van der Waals surface area contributed by atoms with Gasteiger partial charge in [0, 0.05) is 57.0 Å². The van der Waals surface area contributed by atoms with Crippen LogP contribution in [-0.4, -0.2) is 67.0 Å². The molecule has 1 aromatic rings. The van der Waals surface area contributed by atoms with Gasteiger partial charge in [0.1, 0.15) is 0 Å². The van der Waals surface area contributed by atoms with Gasteiger partial charge >= 0.3 is 0 Å². The first-order valence-electron chi connectivity index (χ1n) is 8.34. The van der Waals surface area contributed by atoms with Crippen LogP contribution < -0.4 is 5.32 Å². The molecule has 0 radical (unpaired) electrons. The van der Waals surface area contributed by atoms with Crippen molar-refractivity contribution in [2.45, 2.75) is 32.9 Å². The topological polar surface area (TPSA) is 61.9 Å². The van der Waals surface area contributed by atoms with Crippen molar-refractivity contribution in [3.63, 3.8) is 0 Å². The van der Waals surface area contributed by atoms with E-state index in [2.05, 4.69) is 24.1 Å². The van der Waals surface area contributed by atoms with Crippen molar-refractivity contribution in [3.05, 3.63) is 29.8 Å². The Labute approximate surface area is 143 Å². The molecule has 1 fully saturated rings. The maximum absolute atomic E-state index is 12.8. The fourth-order valence-corrected chi connectivity index (χ4v) is 3.28. The molecule has 0 aliphatic carbocycles. The number of benzene rings is 1. The molecule has 1 heterocycles. The lowest BCUT2D eigenvalue weighted by Crippen LogP contribution is -2.58. The Morgan fingerprint density at radius 2 is 1.92 bits per heavy atom. The zero-order valence-electron chi connectivity index (χ0n) is 14.9. The standard InChI is InChI=1S/C18H27N3O3/c1-13-11-20(12-14(2)21(13)8-9-24-4)18(23)16-6-5-7-17(10-16)19-15(3)22/h5-7,10,13-14H,8-9,11-12H2,1-4H3,(H,19,22). The van der Waals surface area contributed by atoms with Crippen molar-refractivity contribution in [2.24, 2.45) is 0 Å². The molecule has 6 heteroatoms. The molecule has 2 amide bonds. The number of rotatable bonds is 5. The number of carbonyl (C=O) groups excluding carboxylic acids is 2. The average Bonchev–Trinajstić information content (AvgIpc) is 2.53. The van der Waals surface area contributed by atoms with E-state index >= 15 is 0 Å². The maximum Gasteiger partial charge on any atom is 0.254 e. The Morgan fingerprint density at radius 1 is 1.25 bits per heavy atom. The van der Waals surface area contributed by atoms with E-state index in [4.69, 9.17) is 4.74 Å². The molecular formula is C18H27N3O3. The zero-order chi connectivity index (χ0) is 17.7. The third kappa shape index (κ3) is 4.55. The third-order valence-corrected chi connectivity index (χ3v) is 4.37. The second-order valence-corrected chi connectivity index (χ2v) is 6.40. The molecule has 0 spiro atoms. The third-order valence-electron chi connectivity index (χ3n) is 4.37. The molecule has 2 rings (SSSR count). The number of hydrogen-bond acceptors (Lipinski definition) is 4. The summed E-state index contributed by atoms with van der Waals surface area (Å²) < 4.78 is 5.17. The summed E-state index contributed by atoms with van der Waals surface area (Å²) in [5, 5.41) is 2.72. The van der Waals surface area contributed by atoms with Crippen LogP contribution in [0.2, 0.25) is 0 Å². The molecule has 1 aromatic carbocycles. The highest BCUT2D eigenvalue weighted by molar-refractivity contribution is 5.96. The van der Waals surface area contributed by atoms with E-state index in [1.54, 1.807) is 31.4 Å². The van der Waals surface area contributed by atoms with Crippen LogP contribution in [-0.2, 0) is 9.53 Å². The lowest BCUT2D eigenvalue weighted by molar-refractivity contribution is -0.114. The van der Waals surface area contributed by atoms with E-state index in [0.717, 1.165) is 6.54 Å². The van der Waals surface area contributed by atoms with Crippen molar-refractivity contribution in [1.29, 1.82) is 0 Å². The minimum absolute atomic E-state index is 0.00675. The summed E-state index contributed by atoms with van der Waals surface area (Å²) in [7, 11) is 1.71. The molecule has 0 aromatic heterocycles. The minimum atomic E-state index is -0.145. The number of nitrogens with one attached hydrogen (secondary N) is 1. The summed E-state index contributed by atoms with van der Waals surface area (Å²) in [6.07, 6.45) is 0. The SMILES string of the molecule is COCCN1C(C)CN(C(=O)c2cccc(NC(C)=O)c2)CC1C. The van der Waals surface area contributed by atoms with E-state index in [9.17, 15) is 9.59 Å². The predicted octanol–water partition coefficient (Wildman–Crippen LogP) is 1.83. The number of ether oxygens (including phenoxy) is 1. The van der Waals surface area contributed by atoms with E-state index in [1.165, 1.54) is 6.92 Å². The van der Waals surface area contributed by atoms with Gasteiger partial charge in [-0.2, -0.15) is 0 Å². The van der Waals surface area contributed by atoms with Crippen molar-refractivity contribution < 1.29 is 14.3 Å². The fourth-order valence-electron chi connectivity index (χ4n) is 3.28. The number of methoxy groups -OCH3 is 1. The van der Waals surface area contributed by atoms with Crippen molar-refractivity contribution in [2.75, 3.05) is 38.7 Å². The lowest BCUT2D eigenvalue weighted by atomic mass is 10.1. The van der Waals surface area contributed by atoms with E-state index in [1.807, 2.05) is 4.90 Å². The molecule has 132 valence electrons. The van der Waals surface area contributed by atoms with Gasteiger partial charge in [0.25, 0.3) is 5.91 Å². The molecule has 1 saturated heterocycles. The fraction of sp³-hybridized carbons (Fsp3) is 0.556. The molecule has 0 saturated carbocycles. The van der Waals surface area contributed by atoms with Crippen molar-refractivity contribution >= 4 is 17.5 Å². The Morgan fingerprint density at radius 3 is 2.50 bits per heavy atom. The molecule has 2 unspecified atom stereocenters. The summed E-state index contributed by atoms with van der Waals surface area (Å²) in [6.45, 7) is 8.69. The summed E-state index contributed by atoms with van der Waals surface area (Å²) in [5.41, 5.74) is 1.25. The normalized spacial score (nSPS) is 21.6. The van der Waals surface area contributed by atoms with Gasteiger partial charge in [-0.25, -0.2) is 0 Å². The van der Waals surface area contributed by atoms with Crippen molar-refractivity contribution in [3.8, 4) is 0 Å². The highest BCUT2D eigenvalue weighted by Crippen LogP contribution is 2.19. The highest BCUT2D eigenvalue weighted by atomic mass is 16.5. The van der Waals surface area contributed by atoms with Crippen LogP contribution in [0.15, 0.2) is 24.3 Å². The summed E-state index contributed by atoms with van der Waals surface area (Å²) >= 11 is 0. The molecule has 0 bridgehead atoms. The van der Waals surface area contributed by atoms with E-state index < -0.39 is 0 Å². The Kier molecular flexibility index (Phi) is 6.34. The van der Waals surface area contributed by atoms with Crippen LogP contribution in [0.5, 0.6) is 0 Å². The number of piperazine rings is 1. The quantitative estimate of drug-likeness (QED) is 0.893. The smallest absolute Gasteiger partial charge is 0.254 e. The number of carbonyl (C=O) groups is 2. The summed E-state index contributed by atoms with van der Waals surface area (Å²) in [5.74, 6) is -0.138. The molecule has 1 aliphatic heterocycles. The Hall–Kier alpha value is -1.92. The number of amides is 2. The van der Waals surface area contributed by atoms with Crippen LogP contribution in [0.3, 0.4) is 0 Å².